The Morgan fingerprint density at radius 2 is 1.90 bits per heavy atom. The van der Waals surface area contributed by atoms with E-state index in [4.69, 9.17) is 11.5 Å². The standard InChI is InChI=1S/C14H13N3O3/c15-6-7-1-2-8-3-4-17(14(20)9(8)5-7)11-10(16)12(18)13(11)19/h1-2,5H,3-4,6,15-16H2. The van der Waals surface area contributed by atoms with Crippen molar-refractivity contribution in [3.63, 3.8) is 0 Å². The van der Waals surface area contributed by atoms with Gasteiger partial charge in [0.25, 0.3) is 16.8 Å². The van der Waals surface area contributed by atoms with Gasteiger partial charge in [-0.15, -0.1) is 0 Å². The Labute approximate surface area is 114 Å². The molecule has 3 rings (SSSR count). The highest BCUT2D eigenvalue weighted by Gasteiger charge is 2.32. The lowest BCUT2D eigenvalue weighted by molar-refractivity contribution is 0.0980. The second kappa shape index (κ2) is 4.28. The largest absolute Gasteiger partial charge is 0.394 e. The summed E-state index contributed by atoms with van der Waals surface area (Å²) in [5, 5.41) is 0. The number of benzene rings is 1. The van der Waals surface area contributed by atoms with Crippen LogP contribution in [0.4, 0.5) is 11.4 Å². The molecule has 102 valence electrons. The van der Waals surface area contributed by atoms with Gasteiger partial charge in [-0.2, -0.15) is 0 Å². The third-order valence-electron chi connectivity index (χ3n) is 3.68. The maximum absolute atomic E-state index is 12.4. The van der Waals surface area contributed by atoms with E-state index < -0.39 is 10.9 Å². The van der Waals surface area contributed by atoms with Crippen LogP contribution >= 0.6 is 0 Å². The summed E-state index contributed by atoms with van der Waals surface area (Å²) in [6.45, 7) is 0.686. The molecule has 1 heterocycles. The molecule has 6 heteroatoms. The van der Waals surface area contributed by atoms with Crippen molar-refractivity contribution >= 4 is 17.3 Å². The molecule has 0 aliphatic carbocycles. The van der Waals surface area contributed by atoms with E-state index in [0.717, 1.165) is 11.1 Å². The predicted octanol–water partition coefficient (Wildman–Crippen LogP) is -0.474. The number of nitrogens with zero attached hydrogens (tertiary/aromatic N) is 1. The molecule has 6 nitrogen and oxygen atoms in total. The monoisotopic (exact) mass is 271 g/mol. The zero-order valence-corrected chi connectivity index (χ0v) is 10.7. The van der Waals surface area contributed by atoms with Crippen LogP contribution in [0.5, 0.6) is 0 Å². The fraction of sp³-hybridized carbons (Fsp3) is 0.214. The fourth-order valence-electron chi connectivity index (χ4n) is 2.53. The summed E-state index contributed by atoms with van der Waals surface area (Å²) in [4.78, 5) is 36.5. The molecule has 1 aliphatic rings. The normalized spacial score (nSPS) is 14.7. The zero-order chi connectivity index (χ0) is 14.4. The number of carbonyl (C=O) groups excluding carboxylic acids is 1. The van der Waals surface area contributed by atoms with Crippen molar-refractivity contribution in [2.75, 3.05) is 17.2 Å². The first-order valence-corrected chi connectivity index (χ1v) is 6.27. The number of fused-ring (bicyclic) bond motifs is 1. The lowest BCUT2D eigenvalue weighted by atomic mass is 9.95. The Kier molecular flexibility index (Phi) is 2.69. The van der Waals surface area contributed by atoms with Gasteiger partial charge in [-0.1, -0.05) is 12.1 Å². The number of nitrogens with two attached hydrogens (primary N) is 2. The Balaban J connectivity index is 2.05. The van der Waals surface area contributed by atoms with Gasteiger partial charge in [-0.25, -0.2) is 0 Å². The van der Waals surface area contributed by atoms with Crippen LogP contribution in [0, 0.1) is 0 Å². The van der Waals surface area contributed by atoms with Crippen LogP contribution in [0.15, 0.2) is 27.8 Å². The van der Waals surface area contributed by atoms with Crippen molar-refractivity contribution in [2.45, 2.75) is 13.0 Å². The van der Waals surface area contributed by atoms with E-state index in [0.29, 0.717) is 25.1 Å². The summed E-state index contributed by atoms with van der Waals surface area (Å²) in [6, 6.07) is 5.48. The number of hydrogen-bond donors (Lipinski definition) is 2. The summed E-state index contributed by atoms with van der Waals surface area (Å²) in [5.41, 5.74) is 11.9. The van der Waals surface area contributed by atoms with E-state index in [9.17, 15) is 14.4 Å². The van der Waals surface area contributed by atoms with Gasteiger partial charge >= 0.3 is 0 Å². The molecule has 0 bridgehead atoms. The van der Waals surface area contributed by atoms with Gasteiger partial charge < -0.3 is 16.4 Å². The third kappa shape index (κ3) is 1.58. The first kappa shape index (κ1) is 12.6. The van der Waals surface area contributed by atoms with Gasteiger partial charge in [0.1, 0.15) is 11.4 Å². The van der Waals surface area contributed by atoms with Crippen LogP contribution in [0.25, 0.3) is 0 Å². The van der Waals surface area contributed by atoms with Crippen LogP contribution in [0.3, 0.4) is 0 Å². The van der Waals surface area contributed by atoms with Gasteiger partial charge in [0.05, 0.1) is 0 Å². The number of hydrogen-bond acceptors (Lipinski definition) is 5. The summed E-state index contributed by atoms with van der Waals surface area (Å²) in [7, 11) is 0. The third-order valence-corrected chi connectivity index (χ3v) is 3.68. The lowest BCUT2D eigenvalue weighted by Gasteiger charge is -2.29. The predicted molar refractivity (Wildman–Crippen MR) is 75.5 cm³/mol. The summed E-state index contributed by atoms with van der Waals surface area (Å²) in [6.07, 6.45) is 0.615. The van der Waals surface area contributed by atoms with Crippen molar-refractivity contribution in [3.05, 3.63) is 55.3 Å². The average molecular weight is 271 g/mol. The maximum Gasteiger partial charge on any atom is 0.258 e. The van der Waals surface area contributed by atoms with Gasteiger partial charge in [0.15, 0.2) is 0 Å². The van der Waals surface area contributed by atoms with Gasteiger partial charge in [-0.3, -0.25) is 14.4 Å². The minimum atomic E-state index is -0.714. The van der Waals surface area contributed by atoms with Crippen LogP contribution < -0.4 is 27.2 Å². The minimum Gasteiger partial charge on any atom is -0.394 e. The van der Waals surface area contributed by atoms with Crippen molar-refractivity contribution < 1.29 is 4.79 Å². The van der Waals surface area contributed by atoms with Crippen molar-refractivity contribution in [1.29, 1.82) is 0 Å². The number of amides is 1. The fourth-order valence-corrected chi connectivity index (χ4v) is 2.53. The maximum atomic E-state index is 12.4. The summed E-state index contributed by atoms with van der Waals surface area (Å²) in [5.74, 6) is -0.305. The second-order valence-corrected chi connectivity index (χ2v) is 4.82. The number of carbonyl (C=O) groups is 1. The summed E-state index contributed by atoms with van der Waals surface area (Å²) >= 11 is 0. The van der Waals surface area contributed by atoms with E-state index in [2.05, 4.69) is 0 Å². The van der Waals surface area contributed by atoms with Gasteiger partial charge in [0.2, 0.25) is 0 Å². The molecule has 2 aromatic rings. The van der Waals surface area contributed by atoms with Crippen molar-refractivity contribution in [1.82, 2.24) is 0 Å². The van der Waals surface area contributed by atoms with E-state index in [1.165, 1.54) is 4.90 Å². The average Bonchev–Trinajstić information content (AvgIpc) is 2.49. The number of anilines is 2. The Hall–Kier alpha value is -2.47. The van der Waals surface area contributed by atoms with E-state index >= 15 is 0 Å². The zero-order valence-electron chi connectivity index (χ0n) is 10.7. The molecule has 4 N–H and O–H groups in total. The Bertz CT molecular complexity index is 787. The molecule has 20 heavy (non-hydrogen) atoms. The summed E-state index contributed by atoms with van der Waals surface area (Å²) < 4.78 is 0. The molecular formula is C14H13N3O3. The van der Waals surface area contributed by atoms with Crippen LogP contribution in [0.1, 0.15) is 21.5 Å². The van der Waals surface area contributed by atoms with Crippen molar-refractivity contribution in [2.24, 2.45) is 5.73 Å². The van der Waals surface area contributed by atoms with Crippen LogP contribution in [0.2, 0.25) is 0 Å². The Morgan fingerprint density at radius 3 is 2.55 bits per heavy atom. The molecule has 0 atom stereocenters. The van der Waals surface area contributed by atoms with Crippen LogP contribution in [-0.2, 0) is 13.0 Å². The number of nitrogen functional groups attached to an aromatic ring is 1. The highest BCUT2D eigenvalue weighted by Crippen LogP contribution is 2.26. The molecule has 1 aliphatic heterocycles. The molecule has 0 saturated heterocycles. The minimum absolute atomic E-state index is 0.0313. The number of rotatable bonds is 2. The molecule has 2 aromatic carbocycles. The lowest BCUT2D eigenvalue weighted by Crippen LogP contribution is -2.47. The molecule has 0 unspecified atom stereocenters. The molecule has 1 amide bonds. The smallest absolute Gasteiger partial charge is 0.258 e. The van der Waals surface area contributed by atoms with E-state index in [-0.39, 0.29) is 17.3 Å². The molecule has 0 spiro atoms. The quantitative estimate of drug-likeness (QED) is 0.718. The first-order valence-electron chi connectivity index (χ1n) is 6.27. The van der Waals surface area contributed by atoms with Crippen molar-refractivity contribution in [3.8, 4) is 0 Å². The van der Waals surface area contributed by atoms with E-state index in [1.54, 1.807) is 6.07 Å². The molecule has 0 fully saturated rings. The van der Waals surface area contributed by atoms with E-state index in [1.807, 2.05) is 12.1 Å². The SMILES string of the molecule is NCc1ccc2c(c1)C(=O)N(c1c(N)c(=O)c1=O)CC2. The highest BCUT2D eigenvalue weighted by atomic mass is 16.2. The molecule has 0 aromatic heterocycles. The topological polar surface area (TPSA) is 106 Å². The second-order valence-electron chi connectivity index (χ2n) is 4.82. The molecular weight excluding hydrogens is 258 g/mol. The highest BCUT2D eigenvalue weighted by molar-refractivity contribution is 6.10. The molecule has 0 radical (unpaired) electrons. The molecule has 0 saturated carbocycles. The first-order chi connectivity index (χ1) is 9.54. The van der Waals surface area contributed by atoms with Crippen LogP contribution in [-0.4, -0.2) is 12.5 Å². The van der Waals surface area contributed by atoms with Gasteiger partial charge in [0, 0.05) is 18.7 Å². The van der Waals surface area contributed by atoms with Gasteiger partial charge in [-0.05, 0) is 23.6 Å². The Morgan fingerprint density at radius 1 is 1.15 bits per heavy atom.